The van der Waals surface area contributed by atoms with E-state index in [4.69, 9.17) is 15.6 Å². The van der Waals surface area contributed by atoms with Gasteiger partial charge in [0, 0.05) is 18.3 Å². The first kappa shape index (κ1) is 13.5. The summed E-state index contributed by atoms with van der Waals surface area (Å²) in [5.74, 6) is 0.490. The third-order valence-electron chi connectivity index (χ3n) is 2.12. The van der Waals surface area contributed by atoms with Gasteiger partial charge in [0.15, 0.2) is 0 Å². The molecule has 0 aliphatic heterocycles. The number of anilines is 2. The minimum Gasteiger partial charge on any atom is -0.492 e. The van der Waals surface area contributed by atoms with Crippen LogP contribution < -0.4 is 15.8 Å². The number of benzene rings is 1. The Kier molecular flexibility index (Phi) is 4.96. The summed E-state index contributed by atoms with van der Waals surface area (Å²) in [6.45, 7) is 2.06. The molecule has 1 aromatic rings. The first-order chi connectivity index (χ1) is 8.04. The van der Waals surface area contributed by atoms with Crippen LogP contribution in [0.15, 0.2) is 18.2 Å². The number of ether oxygens (including phenoxy) is 1. The van der Waals surface area contributed by atoms with E-state index < -0.39 is 12.5 Å². The van der Waals surface area contributed by atoms with E-state index in [2.05, 4.69) is 5.32 Å². The molecule has 4 N–H and O–H groups in total. The van der Waals surface area contributed by atoms with Crippen LogP contribution in [0.25, 0.3) is 0 Å². The van der Waals surface area contributed by atoms with Gasteiger partial charge in [0.25, 0.3) is 6.43 Å². The fourth-order valence-corrected chi connectivity index (χ4v) is 1.24. The molecule has 0 saturated carbocycles. The highest BCUT2D eigenvalue weighted by atomic mass is 19.3. The fourth-order valence-electron chi connectivity index (χ4n) is 1.24. The standard InChI is InChI=1S/C11H16F2N2O2/c1-2-17-10-5-7(3-4-8(10)14)15-6-9(16)11(12)13/h3-5,9,11,15-16H,2,6,14H2,1H3. The molecule has 4 nitrogen and oxygen atoms in total. The molecule has 17 heavy (non-hydrogen) atoms. The van der Waals surface area contributed by atoms with Gasteiger partial charge < -0.3 is 20.9 Å². The van der Waals surface area contributed by atoms with Crippen LogP contribution in [-0.2, 0) is 0 Å². The second-order valence-electron chi connectivity index (χ2n) is 3.47. The molecule has 0 fully saturated rings. The molecule has 1 aromatic carbocycles. The van der Waals surface area contributed by atoms with Crippen molar-refractivity contribution in [1.82, 2.24) is 0 Å². The van der Waals surface area contributed by atoms with Crippen LogP contribution in [0.5, 0.6) is 5.75 Å². The van der Waals surface area contributed by atoms with E-state index in [1.165, 1.54) is 0 Å². The molecule has 0 aliphatic carbocycles. The van der Waals surface area contributed by atoms with Gasteiger partial charge >= 0.3 is 0 Å². The van der Waals surface area contributed by atoms with Crippen molar-refractivity contribution in [2.75, 3.05) is 24.2 Å². The third-order valence-corrected chi connectivity index (χ3v) is 2.12. The number of aliphatic hydroxyl groups excluding tert-OH is 1. The van der Waals surface area contributed by atoms with Gasteiger partial charge in [-0.05, 0) is 19.1 Å². The lowest BCUT2D eigenvalue weighted by Crippen LogP contribution is -2.26. The molecular weight excluding hydrogens is 230 g/mol. The Morgan fingerprint density at radius 3 is 2.76 bits per heavy atom. The van der Waals surface area contributed by atoms with Crippen molar-refractivity contribution < 1.29 is 18.6 Å². The zero-order valence-corrected chi connectivity index (χ0v) is 9.49. The Bertz CT molecular complexity index is 361. The van der Waals surface area contributed by atoms with Gasteiger partial charge in [0.1, 0.15) is 11.9 Å². The van der Waals surface area contributed by atoms with E-state index in [-0.39, 0.29) is 6.54 Å². The first-order valence-electron chi connectivity index (χ1n) is 5.27. The van der Waals surface area contributed by atoms with Crippen LogP contribution in [0.4, 0.5) is 20.2 Å². The second kappa shape index (κ2) is 6.24. The number of hydrogen-bond donors (Lipinski definition) is 3. The summed E-state index contributed by atoms with van der Waals surface area (Å²) >= 11 is 0. The maximum absolute atomic E-state index is 12.1. The summed E-state index contributed by atoms with van der Waals surface area (Å²) in [5.41, 5.74) is 6.71. The fraction of sp³-hybridized carbons (Fsp3) is 0.455. The van der Waals surface area contributed by atoms with Crippen molar-refractivity contribution in [2.24, 2.45) is 0 Å². The van der Waals surface area contributed by atoms with Crippen LogP contribution in [0, 0.1) is 0 Å². The molecular formula is C11H16F2N2O2. The van der Waals surface area contributed by atoms with E-state index >= 15 is 0 Å². The summed E-state index contributed by atoms with van der Waals surface area (Å²) in [6.07, 6.45) is -4.45. The van der Waals surface area contributed by atoms with Gasteiger partial charge in [-0.15, -0.1) is 0 Å². The summed E-state index contributed by atoms with van der Waals surface area (Å²) in [6, 6.07) is 4.86. The highest BCUT2D eigenvalue weighted by Crippen LogP contribution is 2.25. The molecule has 0 aromatic heterocycles. The SMILES string of the molecule is CCOc1cc(NCC(O)C(F)F)ccc1N. The molecule has 0 heterocycles. The Balaban J connectivity index is 2.62. The van der Waals surface area contributed by atoms with E-state index in [9.17, 15) is 8.78 Å². The lowest BCUT2D eigenvalue weighted by molar-refractivity contribution is 0.00384. The van der Waals surface area contributed by atoms with Gasteiger partial charge in [-0.2, -0.15) is 0 Å². The molecule has 1 rings (SSSR count). The Labute approximate surface area is 98.4 Å². The van der Waals surface area contributed by atoms with Gasteiger partial charge in [0.05, 0.1) is 12.3 Å². The maximum atomic E-state index is 12.1. The smallest absolute Gasteiger partial charge is 0.265 e. The average Bonchev–Trinajstić information content (AvgIpc) is 2.29. The van der Waals surface area contributed by atoms with Gasteiger partial charge in [0.2, 0.25) is 0 Å². The lowest BCUT2D eigenvalue weighted by Gasteiger charge is -2.13. The molecule has 1 atom stereocenters. The molecule has 0 bridgehead atoms. The minimum absolute atomic E-state index is 0.229. The Morgan fingerprint density at radius 2 is 2.18 bits per heavy atom. The number of rotatable bonds is 6. The predicted octanol–water partition coefficient (Wildman–Crippen LogP) is 1.71. The van der Waals surface area contributed by atoms with Crippen molar-refractivity contribution in [3.8, 4) is 5.75 Å². The molecule has 0 amide bonds. The van der Waals surface area contributed by atoms with Crippen LogP contribution >= 0.6 is 0 Å². The highest BCUT2D eigenvalue weighted by molar-refractivity contribution is 5.61. The normalized spacial score (nSPS) is 12.5. The Morgan fingerprint density at radius 1 is 1.47 bits per heavy atom. The van der Waals surface area contributed by atoms with Gasteiger partial charge in [-0.25, -0.2) is 8.78 Å². The van der Waals surface area contributed by atoms with Crippen LogP contribution in [0.1, 0.15) is 6.92 Å². The number of nitrogens with two attached hydrogens (primary N) is 1. The van der Waals surface area contributed by atoms with Crippen molar-refractivity contribution >= 4 is 11.4 Å². The third kappa shape index (κ3) is 4.07. The van der Waals surface area contributed by atoms with Gasteiger partial charge in [-0.1, -0.05) is 0 Å². The average molecular weight is 246 g/mol. The summed E-state index contributed by atoms with van der Waals surface area (Å²) < 4.78 is 29.4. The van der Waals surface area contributed by atoms with Crippen LogP contribution in [0.2, 0.25) is 0 Å². The number of nitrogen functional groups attached to an aromatic ring is 1. The summed E-state index contributed by atoms with van der Waals surface area (Å²) in [4.78, 5) is 0. The largest absolute Gasteiger partial charge is 0.492 e. The maximum Gasteiger partial charge on any atom is 0.265 e. The summed E-state index contributed by atoms with van der Waals surface area (Å²) in [7, 11) is 0. The van der Waals surface area contributed by atoms with Crippen LogP contribution in [-0.4, -0.2) is 30.8 Å². The number of aliphatic hydroxyl groups is 1. The molecule has 0 saturated heterocycles. The minimum atomic E-state index is -2.76. The quantitative estimate of drug-likeness (QED) is 0.668. The number of halogens is 2. The second-order valence-corrected chi connectivity index (χ2v) is 3.47. The lowest BCUT2D eigenvalue weighted by atomic mass is 10.2. The summed E-state index contributed by atoms with van der Waals surface area (Å²) in [5, 5.41) is 11.6. The zero-order chi connectivity index (χ0) is 12.8. The molecule has 96 valence electrons. The first-order valence-corrected chi connectivity index (χ1v) is 5.27. The van der Waals surface area contributed by atoms with E-state index in [0.29, 0.717) is 23.7 Å². The predicted molar refractivity (Wildman–Crippen MR) is 62.5 cm³/mol. The molecule has 0 aliphatic rings. The number of alkyl halides is 2. The zero-order valence-electron chi connectivity index (χ0n) is 9.49. The molecule has 1 unspecified atom stereocenters. The molecule has 6 heteroatoms. The van der Waals surface area contributed by atoms with Crippen molar-refractivity contribution in [2.45, 2.75) is 19.5 Å². The van der Waals surface area contributed by atoms with Crippen molar-refractivity contribution in [3.05, 3.63) is 18.2 Å². The molecule has 0 spiro atoms. The number of hydrogen-bond acceptors (Lipinski definition) is 4. The van der Waals surface area contributed by atoms with Crippen molar-refractivity contribution in [1.29, 1.82) is 0 Å². The van der Waals surface area contributed by atoms with E-state index in [1.54, 1.807) is 18.2 Å². The molecule has 0 radical (unpaired) electrons. The monoisotopic (exact) mass is 246 g/mol. The topological polar surface area (TPSA) is 67.5 Å². The number of nitrogens with one attached hydrogen (secondary N) is 1. The van der Waals surface area contributed by atoms with E-state index in [1.807, 2.05) is 6.92 Å². The van der Waals surface area contributed by atoms with Crippen LogP contribution in [0.3, 0.4) is 0 Å². The highest BCUT2D eigenvalue weighted by Gasteiger charge is 2.16. The van der Waals surface area contributed by atoms with Crippen molar-refractivity contribution in [3.63, 3.8) is 0 Å². The van der Waals surface area contributed by atoms with Gasteiger partial charge in [-0.3, -0.25) is 0 Å². The Hall–Kier alpha value is -1.56. The van der Waals surface area contributed by atoms with E-state index in [0.717, 1.165) is 0 Å².